The van der Waals surface area contributed by atoms with Crippen LogP contribution in [0.3, 0.4) is 0 Å². The molecule has 160 valence electrons. The first-order valence-electron chi connectivity index (χ1n) is 10.9. The molecule has 0 radical (unpaired) electrons. The summed E-state index contributed by atoms with van der Waals surface area (Å²) in [6.45, 7) is 5.20. The zero-order valence-corrected chi connectivity index (χ0v) is 17.7. The van der Waals surface area contributed by atoms with E-state index in [9.17, 15) is 9.59 Å². The second-order valence-corrected chi connectivity index (χ2v) is 7.65. The van der Waals surface area contributed by atoms with Crippen LogP contribution in [0.25, 0.3) is 0 Å². The van der Waals surface area contributed by atoms with Gasteiger partial charge in [0.2, 0.25) is 0 Å². The largest absolute Gasteiger partial charge is 0.371 e. The summed E-state index contributed by atoms with van der Waals surface area (Å²) < 4.78 is 0. The highest BCUT2D eigenvalue weighted by molar-refractivity contribution is 6.02. The number of unbranched alkanes of at least 4 members (excludes halogenated alkanes) is 1. The topological polar surface area (TPSA) is 73.5 Å². The van der Waals surface area contributed by atoms with Crippen molar-refractivity contribution in [3.8, 4) is 0 Å². The van der Waals surface area contributed by atoms with Gasteiger partial charge in [-0.3, -0.25) is 4.79 Å². The monoisotopic (exact) mass is 408 g/mol. The van der Waals surface area contributed by atoms with Crippen molar-refractivity contribution in [3.63, 3.8) is 0 Å². The minimum Gasteiger partial charge on any atom is -0.371 e. The van der Waals surface area contributed by atoms with Crippen molar-refractivity contribution < 1.29 is 9.59 Å². The number of nitrogens with zero attached hydrogens (tertiary/aromatic N) is 1. The van der Waals surface area contributed by atoms with Crippen LogP contribution < -0.4 is 20.9 Å². The van der Waals surface area contributed by atoms with Gasteiger partial charge < -0.3 is 20.9 Å². The van der Waals surface area contributed by atoms with Crippen LogP contribution in [0.2, 0.25) is 0 Å². The minimum atomic E-state index is -0.243. The molecule has 0 aromatic heterocycles. The molecule has 1 fully saturated rings. The molecule has 0 bridgehead atoms. The SMILES string of the molecule is CCCCNC(=O)Nc1ccc(N2CCCC2)c(C(=O)NCCc2ccccc2)c1. The van der Waals surface area contributed by atoms with Gasteiger partial charge in [-0.2, -0.15) is 0 Å². The summed E-state index contributed by atoms with van der Waals surface area (Å²) in [5.41, 5.74) is 3.36. The molecule has 3 rings (SSSR count). The Morgan fingerprint density at radius 2 is 1.73 bits per heavy atom. The summed E-state index contributed by atoms with van der Waals surface area (Å²) in [7, 11) is 0. The Morgan fingerprint density at radius 3 is 2.47 bits per heavy atom. The number of benzene rings is 2. The number of rotatable bonds is 9. The van der Waals surface area contributed by atoms with Crippen LogP contribution in [-0.2, 0) is 6.42 Å². The molecule has 0 spiro atoms. The maximum absolute atomic E-state index is 13.0. The molecule has 6 heteroatoms. The van der Waals surface area contributed by atoms with Gasteiger partial charge in [-0.25, -0.2) is 4.79 Å². The number of nitrogens with one attached hydrogen (secondary N) is 3. The molecule has 1 aliphatic rings. The second kappa shape index (κ2) is 11.2. The van der Waals surface area contributed by atoms with Gasteiger partial charge in [0.15, 0.2) is 0 Å². The Bertz CT molecular complexity index is 832. The van der Waals surface area contributed by atoms with Gasteiger partial charge in [-0.1, -0.05) is 43.7 Å². The maximum Gasteiger partial charge on any atom is 0.319 e. The van der Waals surface area contributed by atoms with E-state index in [1.165, 1.54) is 5.56 Å². The summed E-state index contributed by atoms with van der Waals surface area (Å²) in [5, 5.41) is 8.73. The van der Waals surface area contributed by atoms with E-state index in [-0.39, 0.29) is 11.9 Å². The first-order chi connectivity index (χ1) is 14.7. The van der Waals surface area contributed by atoms with Crippen molar-refractivity contribution in [2.75, 3.05) is 36.4 Å². The average Bonchev–Trinajstić information content (AvgIpc) is 3.29. The van der Waals surface area contributed by atoms with Crippen LogP contribution in [0.1, 0.15) is 48.5 Å². The third-order valence-electron chi connectivity index (χ3n) is 5.30. The Labute approximate surface area is 179 Å². The lowest BCUT2D eigenvalue weighted by Gasteiger charge is -2.22. The number of amides is 3. The van der Waals surface area contributed by atoms with Crippen LogP contribution in [0.5, 0.6) is 0 Å². The Morgan fingerprint density at radius 1 is 0.967 bits per heavy atom. The molecule has 0 atom stereocenters. The number of hydrogen-bond donors (Lipinski definition) is 3. The van der Waals surface area contributed by atoms with Crippen molar-refractivity contribution in [2.45, 2.75) is 39.0 Å². The van der Waals surface area contributed by atoms with E-state index in [1.807, 2.05) is 30.3 Å². The van der Waals surface area contributed by atoms with E-state index in [4.69, 9.17) is 0 Å². The second-order valence-electron chi connectivity index (χ2n) is 7.65. The highest BCUT2D eigenvalue weighted by atomic mass is 16.2. The summed E-state index contributed by atoms with van der Waals surface area (Å²) >= 11 is 0. The predicted molar refractivity (Wildman–Crippen MR) is 122 cm³/mol. The Kier molecular flexibility index (Phi) is 8.12. The summed E-state index contributed by atoms with van der Waals surface area (Å²) in [5.74, 6) is -0.108. The number of anilines is 2. The van der Waals surface area contributed by atoms with E-state index >= 15 is 0 Å². The molecule has 3 N–H and O–H groups in total. The molecule has 0 saturated carbocycles. The molecule has 0 unspecified atom stereocenters. The number of hydrogen-bond acceptors (Lipinski definition) is 3. The van der Waals surface area contributed by atoms with Crippen LogP contribution in [0, 0.1) is 0 Å². The van der Waals surface area contributed by atoms with Crippen molar-refractivity contribution in [1.29, 1.82) is 0 Å². The van der Waals surface area contributed by atoms with Gasteiger partial charge >= 0.3 is 6.03 Å². The molecule has 1 heterocycles. The van der Waals surface area contributed by atoms with Crippen molar-refractivity contribution >= 4 is 23.3 Å². The smallest absolute Gasteiger partial charge is 0.319 e. The van der Waals surface area contributed by atoms with Gasteiger partial charge in [-0.15, -0.1) is 0 Å². The lowest BCUT2D eigenvalue weighted by Crippen LogP contribution is -2.31. The first-order valence-corrected chi connectivity index (χ1v) is 10.9. The average molecular weight is 409 g/mol. The van der Waals surface area contributed by atoms with Gasteiger partial charge in [-0.05, 0) is 49.4 Å². The standard InChI is InChI=1S/C24H32N4O2/c1-2-3-14-26-24(30)27-20-11-12-22(28-16-7-8-17-28)21(18-20)23(29)25-15-13-19-9-5-4-6-10-19/h4-6,9-12,18H,2-3,7-8,13-17H2,1H3,(H,25,29)(H2,26,27,30). The molecule has 0 aliphatic carbocycles. The van der Waals surface area contributed by atoms with Crippen molar-refractivity contribution in [2.24, 2.45) is 0 Å². The number of carbonyl (C=O) groups excluding carboxylic acids is 2. The van der Waals surface area contributed by atoms with E-state index in [0.717, 1.165) is 50.9 Å². The third kappa shape index (κ3) is 6.24. The molecule has 1 saturated heterocycles. The summed E-state index contributed by atoms with van der Waals surface area (Å²) in [4.78, 5) is 27.3. The normalized spacial score (nSPS) is 13.2. The lowest BCUT2D eigenvalue weighted by atomic mass is 10.1. The van der Waals surface area contributed by atoms with E-state index in [1.54, 1.807) is 6.07 Å². The molecule has 3 amide bonds. The van der Waals surface area contributed by atoms with Gasteiger partial charge in [0.05, 0.1) is 5.56 Å². The van der Waals surface area contributed by atoms with E-state index < -0.39 is 0 Å². The quantitative estimate of drug-likeness (QED) is 0.545. The zero-order valence-electron chi connectivity index (χ0n) is 17.7. The number of carbonyl (C=O) groups is 2. The maximum atomic E-state index is 13.0. The summed E-state index contributed by atoms with van der Waals surface area (Å²) in [6, 6.07) is 15.5. The summed E-state index contributed by atoms with van der Waals surface area (Å²) in [6.07, 6.45) is 5.02. The third-order valence-corrected chi connectivity index (χ3v) is 5.30. The van der Waals surface area contributed by atoms with Crippen LogP contribution in [0.15, 0.2) is 48.5 Å². The fraction of sp³-hybridized carbons (Fsp3) is 0.417. The van der Waals surface area contributed by atoms with Crippen LogP contribution >= 0.6 is 0 Å². The number of urea groups is 1. The van der Waals surface area contributed by atoms with Crippen LogP contribution in [0.4, 0.5) is 16.2 Å². The first kappa shape index (κ1) is 21.7. The fourth-order valence-corrected chi connectivity index (χ4v) is 3.64. The molecule has 1 aliphatic heterocycles. The molecule has 2 aromatic carbocycles. The molecular formula is C24H32N4O2. The van der Waals surface area contributed by atoms with Gasteiger partial charge in [0.25, 0.3) is 5.91 Å². The van der Waals surface area contributed by atoms with Crippen molar-refractivity contribution in [3.05, 3.63) is 59.7 Å². The van der Waals surface area contributed by atoms with Gasteiger partial charge in [0, 0.05) is 37.6 Å². The molecule has 2 aromatic rings. The van der Waals surface area contributed by atoms with E-state index in [2.05, 4.69) is 39.9 Å². The Balaban J connectivity index is 1.68. The molecule has 30 heavy (non-hydrogen) atoms. The predicted octanol–water partition coefficient (Wildman–Crippen LogP) is 4.18. The minimum absolute atomic E-state index is 0.108. The Hall–Kier alpha value is -3.02. The zero-order chi connectivity index (χ0) is 21.2. The fourth-order valence-electron chi connectivity index (χ4n) is 3.64. The molecule has 6 nitrogen and oxygen atoms in total. The lowest BCUT2D eigenvalue weighted by molar-refractivity contribution is 0.0954. The molecular weight excluding hydrogens is 376 g/mol. The van der Waals surface area contributed by atoms with Crippen molar-refractivity contribution in [1.82, 2.24) is 10.6 Å². The van der Waals surface area contributed by atoms with Gasteiger partial charge in [0.1, 0.15) is 0 Å². The highest BCUT2D eigenvalue weighted by Gasteiger charge is 2.20. The van der Waals surface area contributed by atoms with E-state index in [0.29, 0.717) is 24.3 Å². The van der Waals surface area contributed by atoms with Crippen LogP contribution in [-0.4, -0.2) is 38.1 Å². The highest BCUT2D eigenvalue weighted by Crippen LogP contribution is 2.27.